The third kappa shape index (κ3) is 2.00. The highest BCUT2D eigenvalue weighted by Crippen LogP contribution is 2.36. The first-order chi connectivity index (χ1) is 10.6. The van der Waals surface area contributed by atoms with Gasteiger partial charge in [0.25, 0.3) is 0 Å². The van der Waals surface area contributed by atoms with Crippen LogP contribution in [0.1, 0.15) is 29.6 Å². The maximum Gasteiger partial charge on any atom is 0.249 e. The number of nitrogens with two attached hydrogens (primary N) is 1. The Morgan fingerprint density at radius 2 is 2.05 bits per heavy atom. The van der Waals surface area contributed by atoms with Crippen molar-refractivity contribution in [2.24, 2.45) is 11.7 Å². The van der Waals surface area contributed by atoms with Gasteiger partial charge in [-0.2, -0.15) is 0 Å². The second kappa shape index (κ2) is 5.03. The zero-order valence-corrected chi connectivity index (χ0v) is 12.9. The summed E-state index contributed by atoms with van der Waals surface area (Å²) in [5.74, 6) is 0.332. The number of hydrogen-bond donors (Lipinski definition) is 1. The van der Waals surface area contributed by atoms with Crippen molar-refractivity contribution in [2.45, 2.75) is 25.8 Å². The van der Waals surface area contributed by atoms with Crippen LogP contribution in [-0.4, -0.2) is 10.5 Å². The normalized spacial score (nSPS) is 15.3. The Hall–Kier alpha value is -2.00. The Morgan fingerprint density at radius 1 is 1.23 bits per heavy atom. The molecule has 1 aliphatic rings. The van der Waals surface area contributed by atoms with Gasteiger partial charge in [-0.15, -0.1) is 0 Å². The van der Waals surface area contributed by atoms with E-state index in [9.17, 15) is 4.79 Å². The molecule has 0 spiro atoms. The summed E-state index contributed by atoms with van der Waals surface area (Å²) in [5, 5.41) is 2.71. The molecule has 1 saturated carbocycles. The van der Waals surface area contributed by atoms with Crippen LogP contribution >= 0.6 is 11.6 Å². The van der Waals surface area contributed by atoms with E-state index >= 15 is 0 Å². The monoisotopic (exact) mass is 312 g/mol. The van der Waals surface area contributed by atoms with E-state index in [1.54, 1.807) is 6.07 Å². The van der Waals surface area contributed by atoms with Crippen LogP contribution in [0.15, 0.2) is 36.4 Å². The number of nitrogens with zero attached hydrogens (tertiary/aromatic N) is 1. The van der Waals surface area contributed by atoms with Crippen molar-refractivity contribution in [3.05, 3.63) is 47.0 Å². The molecule has 22 heavy (non-hydrogen) atoms. The molecule has 3 aromatic rings. The van der Waals surface area contributed by atoms with Crippen LogP contribution in [0.2, 0.25) is 5.02 Å². The molecule has 0 radical (unpaired) electrons. The van der Waals surface area contributed by atoms with E-state index in [0.29, 0.717) is 10.6 Å². The summed E-state index contributed by atoms with van der Waals surface area (Å²) in [6, 6.07) is 11.6. The van der Waals surface area contributed by atoms with Crippen molar-refractivity contribution in [1.29, 1.82) is 0 Å². The number of benzene rings is 2. The molecule has 4 heteroatoms. The molecule has 1 fully saturated rings. The molecule has 2 N–H and O–H groups in total. The van der Waals surface area contributed by atoms with Gasteiger partial charge in [0.1, 0.15) is 0 Å². The first-order valence-corrected chi connectivity index (χ1v) is 8.03. The molecule has 3 nitrogen and oxygen atoms in total. The first-order valence-electron chi connectivity index (χ1n) is 7.65. The van der Waals surface area contributed by atoms with E-state index in [0.717, 1.165) is 34.3 Å². The summed E-state index contributed by atoms with van der Waals surface area (Å²) >= 11 is 6.20. The maximum atomic E-state index is 11.8. The van der Waals surface area contributed by atoms with Crippen molar-refractivity contribution in [3.8, 4) is 0 Å². The number of carbonyl (C=O) groups excluding carboxylic acids is 1. The number of rotatable bonds is 3. The first kappa shape index (κ1) is 13.6. The van der Waals surface area contributed by atoms with Gasteiger partial charge in [0.05, 0.1) is 5.52 Å². The predicted octanol–water partition coefficient (Wildman–Crippen LogP) is 4.35. The van der Waals surface area contributed by atoms with Gasteiger partial charge in [0, 0.05) is 33.4 Å². The van der Waals surface area contributed by atoms with Gasteiger partial charge in [-0.3, -0.25) is 4.79 Å². The molecular formula is C18H17ClN2O. The van der Waals surface area contributed by atoms with Crippen LogP contribution in [-0.2, 0) is 6.54 Å². The third-order valence-corrected chi connectivity index (χ3v) is 5.02. The molecule has 1 aromatic heterocycles. The van der Waals surface area contributed by atoms with Crippen LogP contribution in [0.5, 0.6) is 0 Å². The van der Waals surface area contributed by atoms with Crippen LogP contribution in [0.4, 0.5) is 0 Å². The van der Waals surface area contributed by atoms with Gasteiger partial charge in [-0.25, -0.2) is 0 Å². The molecule has 1 aliphatic carbocycles. The average Bonchev–Trinajstić information content (AvgIpc) is 2.75. The van der Waals surface area contributed by atoms with Crippen molar-refractivity contribution >= 4 is 39.3 Å². The zero-order valence-electron chi connectivity index (χ0n) is 12.2. The predicted molar refractivity (Wildman–Crippen MR) is 90.3 cm³/mol. The van der Waals surface area contributed by atoms with E-state index < -0.39 is 0 Å². The Morgan fingerprint density at radius 3 is 2.73 bits per heavy atom. The standard InChI is InChI=1S/C18H17ClN2O/c19-12-7-8-13-16(9-12)21(10-11-3-1-4-11)15-6-2-5-14(17(13)15)18(20)22/h2,5-9,11H,1,3-4,10H2,(H2,20,22). The molecule has 0 saturated heterocycles. The van der Waals surface area contributed by atoms with E-state index in [1.807, 2.05) is 24.3 Å². The van der Waals surface area contributed by atoms with Crippen molar-refractivity contribution in [1.82, 2.24) is 4.57 Å². The zero-order chi connectivity index (χ0) is 15.3. The number of primary amides is 1. The summed E-state index contributed by atoms with van der Waals surface area (Å²) in [6.45, 7) is 0.975. The number of aromatic nitrogens is 1. The van der Waals surface area contributed by atoms with Crippen molar-refractivity contribution in [2.75, 3.05) is 0 Å². The lowest BCUT2D eigenvalue weighted by Crippen LogP contribution is -2.18. The fourth-order valence-electron chi connectivity index (χ4n) is 3.45. The van der Waals surface area contributed by atoms with Gasteiger partial charge >= 0.3 is 0 Å². The molecule has 1 amide bonds. The van der Waals surface area contributed by atoms with Crippen LogP contribution in [0.25, 0.3) is 21.8 Å². The fraction of sp³-hybridized carbons (Fsp3) is 0.278. The lowest BCUT2D eigenvalue weighted by atomic mass is 9.85. The highest BCUT2D eigenvalue weighted by molar-refractivity contribution is 6.31. The van der Waals surface area contributed by atoms with Gasteiger partial charge in [-0.1, -0.05) is 30.2 Å². The number of hydrogen-bond acceptors (Lipinski definition) is 1. The Labute approximate surface area is 133 Å². The maximum absolute atomic E-state index is 11.8. The van der Waals surface area contributed by atoms with Gasteiger partial charge < -0.3 is 10.3 Å². The minimum Gasteiger partial charge on any atom is -0.366 e. The highest BCUT2D eigenvalue weighted by atomic mass is 35.5. The quantitative estimate of drug-likeness (QED) is 0.768. The lowest BCUT2D eigenvalue weighted by molar-refractivity contribution is 0.100. The van der Waals surface area contributed by atoms with Gasteiger partial charge in [0.15, 0.2) is 0 Å². The van der Waals surface area contributed by atoms with Crippen molar-refractivity contribution < 1.29 is 4.79 Å². The molecule has 0 bridgehead atoms. The second-order valence-corrected chi connectivity index (χ2v) is 6.57. The highest BCUT2D eigenvalue weighted by Gasteiger charge is 2.22. The molecule has 0 aliphatic heterocycles. The van der Waals surface area contributed by atoms with Crippen LogP contribution in [0.3, 0.4) is 0 Å². The molecular weight excluding hydrogens is 296 g/mol. The van der Waals surface area contributed by atoms with E-state index in [2.05, 4.69) is 10.6 Å². The Bertz CT molecular complexity index is 893. The minimum absolute atomic E-state index is 0.386. The summed E-state index contributed by atoms with van der Waals surface area (Å²) in [5.41, 5.74) is 8.31. The van der Waals surface area contributed by atoms with E-state index in [4.69, 9.17) is 17.3 Å². The lowest BCUT2D eigenvalue weighted by Gasteiger charge is -2.26. The largest absolute Gasteiger partial charge is 0.366 e. The summed E-state index contributed by atoms with van der Waals surface area (Å²) in [6.07, 6.45) is 3.86. The SMILES string of the molecule is NC(=O)c1cccc2c1c1ccc(Cl)cc1n2CC1CCC1. The molecule has 4 rings (SSSR count). The number of amides is 1. The minimum atomic E-state index is -0.386. The van der Waals surface area contributed by atoms with E-state index in [-0.39, 0.29) is 5.91 Å². The molecule has 112 valence electrons. The second-order valence-electron chi connectivity index (χ2n) is 6.13. The van der Waals surface area contributed by atoms with Crippen LogP contribution in [0, 0.1) is 5.92 Å². The number of carbonyl (C=O) groups is 1. The molecule has 0 unspecified atom stereocenters. The topological polar surface area (TPSA) is 48.0 Å². The smallest absolute Gasteiger partial charge is 0.249 e. The fourth-order valence-corrected chi connectivity index (χ4v) is 3.62. The van der Waals surface area contributed by atoms with Crippen molar-refractivity contribution in [3.63, 3.8) is 0 Å². The van der Waals surface area contributed by atoms with Crippen LogP contribution < -0.4 is 5.73 Å². The average molecular weight is 313 g/mol. The number of fused-ring (bicyclic) bond motifs is 3. The van der Waals surface area contributed by atoms with Gasteiger partial charge in [0.2, 0.25) is 5.91 Å². The Balaban J connectivity index is 2.07. The molecule has 0 atom stereocenters. The third-order valence-electron chi connectivity index (χ3n) is 4.78. The Kier molecular flexibility index (Phi) is 3.12. The summed E-state index contributed by atoms with van der Waals surface area (Å²) in [4.78, 5) is 11.8. The summed E-state index contributed by atoms with van der Waals surface area (Å²) < 4.78 is 2.30. The van der Waals surface area contributed by atoms with E-state index in [1.165, 1.54) is 19.3 Å². The molecule has 2 aromatic carbocycles. The molecule has 1 heterocycles. The van der Waals surface area contributed by atoms with Gasteiger partial charge in [-0.05, 0) is 43.0 Å². The summed E-state index contributed by atoms with van der Waals surface area (Å²) in [7, 11) is 0. The number of halogens is 1.